The van der Waals surface area contributed by atoms with Crippen molar-refractivity contribution < 1.29 is 0 Å². The molecule has 0 saturated heterocycles. The lowest BCUT2D eigenvalue weighted by Gasteiger charge is -2.13. The number of halogens is 1. The summed E-state index contributed by atoms with van der Waals surface area (Å²) in [5.74, 6) is 1.55. The van der Waals surface area contributed by atoms with Gasteiger partial charge in [0.25, 0.3) is 0 Å². The summed E-state index contributed by atoms with van der Waals surface area (Å²) in [6.07, 6.45) is 3.71. The second-order valence-electron chi connectivity index (χ2n) is 6.00. The van der Waals surface area contributed by atoms with Crippen LogP contribution in [0.25, 0.3) is 17.0 Å². The summed E-state index contributed by atoms with van der Waals surface area (Å²) in [6, 6.07) is 15.8. The monoisotopic (exact) mass is 348 g/mol. The van der Waals surface area contributed by atoms with Gasteiger partial charge in [-0.2, -0.15) is 0 Å². The van der Waals surface area contributed by atoms with Crippen LogP contribution in [0.1, 0.15) is 11.1 Å². The highest BCUT2D eigenvalue weighted by Gasteiger charge is 2.16. The van der Waals surface area contributed by atoms with Crippen molar-refractivity contribution in [2.45, 2.75) is 13.8 Å². The molecule has 2 aromatic carbocycles. The summed E-state index contributed by atoms with van der Waals surface area (Å²) in [6.45, 7) is 4.19. The number of aryl methyl sites for hydroxylation is 2. The number of imidazole rings is 1. The summed E-state index contributed by atoms with van der Waals surface area (Å²) in [5, 5.41) is 4.28. The minimum Gasteiger partial charge on any atom is -0.339 e. The van der Waals surface area contributed by atoms with Gasteiger partial charge in [-0.25, -0.2) is 9.97 Å². The van der Waals surface area contributed by atoms with Crippen LogP contribution in [0.3, 0.4) is 0 Å². The van der Waals surface area contributed by atoms with Gasteiger partial charge in [-0.3, -0.25) is 4.40 Å². The normalized spacial score (nSPS) is 11.0. The topological polar surface area (TPSA) is 42.2 Å². The van der Waals surface area contributed by atoms with Crippen LogP contribution >= 0.6 is 11.6 Å². The first-order valence-corrected chi connectivity index (χ1v) is 8.43. The first-order valence-electron chi connectivity index (χ1n) is 8.06. The zero-order valence-electron chi connectivity index (χ0n) is 14.0. The molecule has 0 spiro atoms. The molecule has 5 heteroatoms. The minimum atomic E-state index is 0.654. The van der Waals surface area contributed by atoms with Crippen LogP contribution in [-0.4, -0.2) is 14.4 Å². The van der Waals surface area contributed by atoms with Gasteiger partial charge in [0.2, 0.25) is 5.78 Å². The van der Waals surface area contributed by atoms with E-state index < -0.39 is 0 Å². The largest absolute Gasteiger partial charge is 0.339 e. The smallest absolute Gasteiger partial charge is 0.235 e. The molecule has 124 valence electrons. The van der Waals surface area contributed by atoms with E-state index in [4.69, 9.17) is 16.6 Å². The number of nitrogens with zero attached hydrogens (tertiary/aromatic N) is 3. The molecule has 4 rings (SSSR count). The Morgan fingerprint density at radius 1 is 0.960 bits per heavy atom. The van der Waals surface area contributed by atoms with E-state index in [-0.39, 0.29) is 0 Å². The summed E-state index contributed by atoms with van der Waals surface area (Å²) in [4.78, 5) is 9.09. The van der Waals surface area contributed by atoms with Gasteiger partial charge >= 0.3 is 0 Å². The van der Waals surface area contributed by atoms with Crippen molar-refractivity contribution in [1.82, 2.24) is 14.4 Å². The van der Waals surface area contributed by atoms with Crippen molar-refractivity contribution in [3.05, 3.63) is 77.1 Å². The van der Waals surface area contributed by atoms with Gasteiger partial charge in [-0.1, -0.05) is 41.9 Å². The lowest BCUT2D eigenvalue weighted by molar-refractivity contribution is 1.11. The number of aromatic nitrogens is 3. The Labute approximate surface area is 151 Å². The Morgan fingerprint density at radius 3 is 2.40 bits per heavy atom. The van der Waals surface area contributed by atoms with Gasteiger partial charge in [0.15, 0.2) is 0 Å². The molecule has 0 aliphatic heterocycles. The van der Waals surface area contributed by atoms with Gasteiger partial charge in [0.1, 0.15) is 11.5 Å². The van der Waals surface area contributed by atoms with Crippen LogP contribution in [0.15, 0.2) is 60.9 Å². The maximum Gasteiger partial charge on any atom is 0.235 e. The highest BCUT2D eigenvalue weighted by Crippen LogP contribution is 2.33. The van der Waals surface area contributed by atoms with E-state index in [1.54, 1.807) is 6.20 Å². The molecule has 0 amide bonds. The molecular formula is C20H17ClN4. The number of hydrogen-bond acceptors (Lipinski definition) is 3. The van der Waals surface area contributed by atoms with Crippen molar-refractivity contribution in [1.29, 1.82) is 0 Å². The van der Waals surface area contributed by atoms with Crippen molar-refractivity contribution >= 4 is 28.9 Å². The predicted octanol–water partition coefficient (Wildman–Crippen LogP) is 5.41. The molecule has 0 fully saturated rings. The third kappa shape index (κ3) is 2.85. The fraction of sp³-hybridized carbons (Fsp3) is 0.100. The zero-order chi connectivity index (χ0) is 17.4. The first kappa shape index (κ1) is 15.7. The van der Waals surface area contributed by atoms with Crippen LogP contribution in [0.5, 0.6) is 0 Å². The Balaban J connectivity index is 1.92. The highest BCUT2D eigenvalue weighted by molar-refractivity contribution is 6.30. The van der Waals surface area contributed by atoms with Crippen molar-refractivity contribution in [3.8, 4) is 11.3 Å². The van der Waals surface area contributed by atoms with Crippen LogP contribution in [-0.2, 0) is 0 Å². The maximum absolute atomic E-state index is 6.04. The average molecular weight is 349 g/mol. The second kappa shape index (κ2) is 6.22. The molecule has 4 nitrogen and oxygen atoms in total. The molecule has 1 N–H and O–H groups in total. The Hall–Kier alpha value is -2.85. The number of para-hydroxylation sites is 1. The first-order chi connectivity index (χ1) is 12.1. The van der Waals surface area contributed by atoms with Crippen LogP contribution in [0.2, 0.25) is 5.02 Å². The maximum atomic E-state index is 6.04. The molecule has 0 unspecified atom stereocenters. The van der Waals surface area contributed by atoms with E-state index in [1.807, 2.05) is 40.9 Å². The average Bonchev–Trinajstić information content (AvgIpc) is 2.97. The summed E-state index contributed by atoms with van der Waals surface area (Å²) < 4.78 is 1.97. The number of hydrogen-bond donors (Lipinski definition) is 1. The van der Waals surface area contributed by atoms with Crippen LogP contribution < -0.4 is 5.32 Å². The van der Waals surface area contributed by atoms with Crippen molar-refractivity contribution in [2.24, 2.45) is 0 Å². The molecule has 0 atom stereocenters. The van der Waals surface area contributed by atoms with E-state index >= 15 is 0 Å². The van der Waals surface area contributed by atoms with Gasteiger partial charge in [0, 0.05) is 28.7 Å². The number of benzene rings is 2. The molecular weight excluding hydrogens is 332 g/mol. The van der Waals surface area contributed by atoms with E-state index in [0.717, 1.165) is 22.8 Å². The lowest BCUT2D eigenvalue weighted by atomic mass is 10.1. The standard InChI is InChI=1S/C20H17ClN4/c1-13-5-3-6-14(2)17(13)23-19-18(15-7-9-16(21)10-8-15)24-20-22-11-4-12-25(19)20/h3-12,23H,1-2H3. The molecule has 2 aromatic heterocycles. The van der Waals surface area contributed by atoms with E-state index in [9.17, 15) is 0 Å². The fourth-order valence-electron chi connectivity index (χ4n) is 2.95. The molecule has 0 saturated carbocycles. The second-order valence-corrected chi connectivity index (χ2v) is 6.43. The SMILES string of the molecule is Cc1cccc(C)c1Nc1c(-c2ccc(Cl)cc2)nc2ncccn12. The van der Waals surface area contributed by atoms with E-state index in [1.165, 1.54) is 11.1 Å². The highest BCUT2D eigenvalue weighted by atomic mass is 35.5. The molecule has 0 aliphatic carbocycles. The Kier molecular flexibility index (Phi) is 3.90. The number of fused-ring (bicyclic) bond motifs is 1. The van der Waals surface area contributed by atoms with Crippen molar-refractivity contribution in [3.63, 3.8) is 0 Å². The Bertz CT molecular complexity index is 1030. The molecule has 25 heavy (non-hydrogen) atoms. The van der Waals surface area contributed by atoms with Crippen LogP contribution in [0, 0.1) is 13.8 Å². The molecule has 4 aromatic rings. The molecule has 2 heterocycles. The van der Waals surface area contributed by atoms with Gasteiger partial charge in [0.05, 0.1) is 0 Å². The molecule has 0 radical (unpaired) electrons. The number of nitrogens with one attached hydrogen (secondary N) is 1. The quantitative estimate of drug-likeness (QED) is 0.538. The third-order valence-corrected chi connectivity index (χ3v) is 4.50. The summed E-state index contributed by atoms with van der Waals surface area (Å²) in [7, 11) is 0. The summed E-state index contributed by atoms with van der Waals surface area (Å²) in [5.41, 5.74) is 5.28. The minimum absolute atomic E-state index is 0.654. The predicted molar refractivity (Wildman–Crippen MR) is 103 cm³/mol. The van der Waals surface area contributed by atoms with E-state index in [0.29, 0.717) is 10.8 Å². The number of rotatable bonds is 3. The summed E-state index contributed by atoms with van der Waals surface area (Å²) >= 11 is 6.04. The van der Waals surface area contributed by atoms with Crippen LogP contribution in [0.4, 0.5) is 11.5 Å². The fourth-order valence-corrected chi connectivity index (χ4v) is 3.07. The van der Waals surface area contributed by atoms with Crippen molar-refractivity contribution in [2.75, 3.05) is 5.32 Å². The molecule has 0 aliphatic rings. The van der Waals surface area contributed by atoms with Gasteiger partial charge in [-0.05, 0) is 43.2 Å². The third-order valence-electron chi connectivity index (χ3n) is 4.25. The van der Waals surface area contributed by atoms with E-state index in [2.05, 4.69) is 42.3 Å². The van der Waals surface area contributed by atoms with Gasteiger partial charge in [-0.15, -0.1) is 0 Å². The molecule has 0 bridgehead atoms. The number of anilines is 2. The van der Waals surface area contributed by atoms with Gasteiger partial charge < -0.3 is 5.32 Å². The lowest BCUT2D eigenvalue weighted by Crippen LogP contribution is -2.00. The zero-order valence-corrected chi connectivity index (χ0v) is 14.7. The Morgan fingerprint density at radius 2 is 1.68 bits per heavy atom.